The van der Waals surface area contributed by atoms with E-state index in [0.29, 0.717) is 24.7 Å². The fourth-order valence-corrected chi connectivity index (χ4v) is 3.08. The maximum Gasteiger partial charge on any atom is 0.387 e. The van der Waals surface area contributed by atoms with Gasteiger partial charge in [-0.15, -0.1) is 24.0 Å². The molecule has 9 heteroatoms. The lowest BCUT2D eigenvalue weighted by molar-refractivity contribution is -0.0495. The maximum atomic E-state index is 12.6. The van der Waals surface area contributed by atoms with Crippen LogP contribution in [0, 0.1) is 0 Å². The Hall–Kier alpha value is -2.04. The summed E-state index contributed by atoms with van der Waals surface area (Å²) in [5.74, 6) is 1.70. The number of furan rings is 1. The van der Waals surface area contributed by atoms with E-state index in [0.717, 1.165) is 25.3 Å². The Morgan fingerprint density at radius 1 is 1.32 bits per heavy atom. The van der Waals surface area contributed by atoms with Crippen molar-refractivity contribution >= 4 is 35.6 Å². The van der Waals surface area contributed by atoms with E-state index in [1.807, 2.05) is 30.0 Å². The summed E-state index contributed by atoms with van der Waals surface area (Å²) in [6.07, 6.45) is 2.49. The van der Waals surface area contributed by atoms with Crippen LogP contribution in [0.2, 0.25) is 0 Å². The topological polar surface area (TPSA) is 62.0 Å². The van der Waals surface area contributed by atoms with Gasteiger partial charge in [0.1, 0.15) is 18.1 Å². The second kappa shape index (κ2) is 11.1. The van der Waals surface area contributed by atoms with E-state index in [1.165, 1.54) is 0 Å². The summed E-state index contributed by atoms with van der Waals surface area (Å²) >= 11 is 0. The average molecular weight is 506 g/mol. The molecule has 1 fully saturated rings. The van der Waals surface area contributed by atoms with Gasteiger partial charge in [0.05, 0.1) is 12.0 Å². The molecule has 154 valence electrons. The van der Waals surface area contributed by atoms with Gasteiger partial charge in [-0.25, -0.2) is 4.99 Å². The monoisotopic (exact) mass is 506 g/mol. The quantitative estimate of drug-likeness (QED) is 0.340. The standard InChI is InChI=1S/C19H24F2N4O2.HI/c1-2-22-19(23-12-15-6-5-11-26-15)24-14-9-10-25(13-14)16-7-3-4-8-17(16)27-18(20)21;/h3-8,11,14,18H,2,9-10,12-13H2,1H3,(H2,22,23,24);1H. The number of ether oxygens (including phenoxy) is 1. The summed E-state index contributed by atoms with van der Waals surface area (Å²) in [5, 5.41) is 6.62. The van der Waals surface area contributed by atoms with E-state index in [1.54, 1.807) is 24.5 Å². The summed E-state index contributed by atoms with van der Waals surface area (Å²) in [6.45, 7) is 1.78. The first-order chi connectivity index (χ1) is 13.2. The molecule has 0 amide bonds. The molecule has 0 aliphatic carbocycles. The molecule has 6 nitrogen and oxygen atoms in total. The van der Waals surface area contributed by atoms with Crippen LogP contribution in [0.4, 0.5) is 14.5 Å². The molecule has 3 rings (SSSR count). The number of hydrogen-bond donors (Lipinski definition) is 2. The van der Waals surface area contributed by atoms with E-state index < -0.39 is 6.61 Å². The smallest absolute Gasteiger partial charge is 0.387 e. The second-order valence-corrected chi connectivity index (χ2v) is 6.20. The molecule has 0 radical (unpaired) electrons. The Morgan fingerprint density at radius 2 is 2.14 bits per heavy atom. The Kier molecular flexibility index (Phi) is 8.81. The molecule has 0 saturated carbocycles. The van der Waals surface area contributed by atoms with Crippen LogP contribution in [0.15, 0.2) is 52.1 Å². The van der Waals surface area contributed by atoms with Gasteiger partial charge in [0.15, 0.2) is 5.96 Å². The normalized spacial score (nSPS) is 16.8. The molecule has 0 spiro atoms. The minimum absolute atomic E-state index is 0. The number of rotatable bonds is 7. The number of anilines is 1. The van der Waals surface area contributed by atoms with E-state index >= 15 is 0 Å². The first-order valence-corrected chi connectivity index (χ1v) is 9.01. The van der Waals surface area contributed by atoms with E-state index in [4.69, 9.17) is 4.42 Å². The van der Waals surface area contributed by atoms with Crippen molar-refractivity contribution in [3.8, 4) is 5.75 Å². The van der Waals surface area contributed by atoms with Crippen molar-refractivity contribution in [2.24, 2.45) is 4.99 Å². The summed E-state index contributed by atoms with van der Waals surface area (Å²) in [7, 11) is 0. The molecule has 1 unspecified atom stereocenters. The second-order valence-electron chi connectivity index (χ2n) is 6.20. The van der Waals surface area contributed by atoms with Crippen LogP contribution >= 0.6 is 24.0 Å². The van der Waals surface area contributed by atoms with Crippen molar-refractivity contribution in [2.45, 2.75) is 32.5 Å². The van der Waals surface area contributed by atoms with Crippen LogP contribution in [0.3, 0.4) is 0 Å². The fourth-order valence-electron chi connectivity index (χ4n) is 3.08. The summed E-state index contributed by atoms with van der Waals surface area (Å²) < 4.78 is 35.2. The Bertz CT molecular complexity index is 743. The fraction of sp³-hybridized carbons (Fsp3) is 0.421. The van der Waals surface area contributed by atoms with Crippen molar-refractivity contribution in [1.29, 1.82) is 0 Å². The molecule has 2 N–H and O–H groups in total. The van der Waals surface area contributed by atoms with Crippen LogP contribution in [0.1, 0.15) is 19.1 Å². The molecule has 1 aliphatic heterocycles. The predicted molar refractivity (Wildman–Crippen MR) is 116 cm³/mol. The first-order valence-electron chi connectivity index (χ1n) is 9.01. The number of aliphatic imine (C=N–C) groups is 1. The van der Waals surface area contributed by atoms with Crippen LogP contribution in [-0.4, -0.2) is 38.2 Å². The largest absolute Gasteiger partial charge is 0.467 e. The average Bonchev–Trinajstić information content (AvgIpc) is 3.32. The zero-order valence-corrected chi connectivity index (χ0v) is 17.9. The zero-order valence-electron chi connectivity index (χ0n) is 15.6. The van der Waals surface area contributed by atoms with E-state index in [-0.39, 0.29) is 35.8 Å². The lowest BCUT2D eigenvalue weighted by Gasteiger charge is -2.22. The number of halogens is 3. The van der Waals surface area contributed by atoms with Gasteiger partial charge in [-0.3, -0.25) is 0 Å². The molecule has 28 heavy (non-hydrogen) atoms. The summed E-state index contributed by atoms with van der Waals surface area (Å²) in [5.41, 5.74) is 0.680. The molecule has 0 bridgehead atoms. The number of benzene rings is 1. The minimum Gasteiger partial charge on any atom is -0.467 e. The number of para-hydroxylation sites is 2. The highest BCUT2D eigenvalue weighted by Crippen LogP contribution is 2.31. The highest BCUT2D eigenvalue weighted by Gasteiger charge is 2.26. The Morgan fingerprint density at radius 3 is 2.86 bits per heavy atom. The molecular formula is C19H25F2IN4O2. The maximum absolute atomic E-state index is 12.6. The van der Waals surface area contributed by atoms with Gasteiger partial charge in [-0.1, -0.05) is 12.1 Å². The van der Waals surface area contributed by atoms with Crippen LogP contribution in [0.5, 0.6) is 5.75 Å². The van der Waals surface area contributed by atoms with E-state index in [9.17, 15) is 8.78 Å². The van der Waals surface area contributed by atoms with Crippen molar-refractivity contribution in [1.82, 2.24) is 10.6 Å². The van der Waals surface area contributed by atoms with Crippen molar-refractivity contribution in [3.05, 3.63) is 48.4 Å². The Labute approximate surface area is 180 Å². The molecule has 1 aliphatic rings. The van der Waals surface area contributed by atoms with Gasteiger partial charge in [-0.05, 0) is 37.6 Å². The SMILES string of the molecule is CCNC(=NCc1ccco1)NC1CCN(c2ccccc2OC(F)F)C1.I. The third-order valence-electron chi connectivity index (χ3n) is 4.27. The molecule has 1 aromatic heterocycles. The molecule has 1 aromatic carbocycles. The van der Waals surface area contributed by atoms with Gasteiger partial charge < -0.3 is 24.7 Å². The van der Waals surface area contributed by atoms with Crippen LogP contribution in [0.25, 0.3) is 0 Å². The van der Waals surface area contributed by atoms with Gasteiger partial charge >= 0.3 is 6.61 Å². The van der Waals surface area contributed by atoms with Gasteiger partial charge in [0.25, 0.3) is 0 Å². The molecule has 1 saturated heterocycles. The number of hydrogen-bond acceptors (Lipinski definition) is 4. The Balaban J connectivity index is 0.00000280. The van der Waals surface area contributed by atoms with Gasteiger partial charge in [0, 0.05) is 25.7 Å². The van der Waals surface area contributed by atoms with Crippen molar-refractivity contribution < 1.29 is 17.9 Å². The third-order valence-corrected chi connectivity index (χ3v) is 4.27. The summed E-state index contributed by atoms with van der Waals surface area (Å²) in [4.78, 5) is 6.58. The van der Waals surface area contributed by atoms with Gasteiger partial charge in [0.2, 0.25) is 0 Å². The highest BCUT2D eigenvalue weighted by molar-refractivity contribution is 14.0. The van der Waals surface area contributed by atoms with Crippen LogP contribution in [-0.2, 0) is 6.54 Å². The first kappa shape index (κ1) is 22.3. The van der Waals surface area contributed by atoms with Crippen LogP contribution < -0.4 is 20.3 Å². The highest BCUT2D eigenvalue weighted by atomic mass is 127. The lowest BCUT2D eigenvalue weighted by atomic mass is 10.2. The van der Waals surface area contributed by atoms with E-state index in [2.05, 4.69) is 20.4 Å². The molecule has 2 aromatic rings. The van der Waals surface area contributed by atoms with Crippen molar-refractivity contribution in [3.63, 3.8) is 0 Å². The predicted octanol–water partition coefficient (Wildman–Crippen LogP) is 3.83. The molecular weight excluding hydrogens is 481 g/mol. The molecule has 1 atom stereocenters. The zero-order chi connectivity index (χ0) is 19.1. The molecule has 2 heterocycles. The summed E-state index contributed by atoms with van der Waals surface area (Å²) in [6, 6.07) is 10.7. The number of nitrogens with one attached hydrogen (secondary N) is 2. The minimum atomic E-state index is -2.84. The number of guanidine groups is 1. The third kappa shape index (κ3) is 6.25. The van der Waals surface area contributed by atoms with Crippen molar-refractivity contribution in [2.75, 3.05) is 24.5 Å². The number of nitrogens with zero attached hydrogens (tertiary/aromatic N) is 2. The number of alkyl halides is 2. The lowest BCUT2D eigenvalue weighted by Crippen LogP contribution is -2.44. The van der Waals surface area contributed by atoms with Gasteiger partial charge in [-0.2, -0.15) is 8.78 Å².